The Balaban J connectivity index is 1.10. The Bertz CT molecular complexity index is 2810. The van der Waals surface area contributed by atoms with Crippen molar-refractivity contribution in [3.8, 4) is 44.5 Å². The van der Waals surface area contributed by atoms with Crippen molar-refractivity contribution in [1.82, 2.24) is 0 Å². The van der Waals surface area contributed by atoms with Gasteiger partial charge < -0.3 is 4.90 Å². The first-order chi connectivity index (χ1) is 26.0. The van der Waals surface area contributed by atoms with Gasteiger partial charge in [0.25, 0.3) is 0 Å². The molecule has 0 bridgehead atoms. The second-order valence-corrected chi connectivity index (χ2v) is 15.6. The fourth-order valence-corrected chi connectivity index (χ4v) is 9.70. The first kappa shape index (κ1) is 31.5. The molecule has 0 aliphatic heterocycles. The largest absolute Gasteiger partial charge is 0.310 e. The maximum Gasteiger partial charge on any atom is 0.0468 e. The van der Waals surface area contributed by atoms with Crippen LogP contribution in [0.2, 0.25) is 0 Å². The van der Waals surface area contributed by atoms with Crippen LogP contribution in [0.1, 0.15) is 25.0 Å². The summed E-state index contributed by atoms with van der Waals surface area (Å²) < 4.78 is 2.66. The Morgan fingerprint density at radius 2 is 0.981 bits per heavy atom. The summed E-state index contributed by atoms with van der Waals surface area (Å²) in [5, 5.41) is 2.65. The quantitative estimate of drug-likeness (QED) is 0.167. The summed E-state index contributed by atoms with van der Waals surface area (Å²) in [6, 6.07) is 69.0. The highest BCUT2D eigenvalue weighted by atomic mass is 32.1. The Hall–Kier alpha value is -6.22. The van der Waals surface area contributed by atoms with Gasteiger partial charge in [-0.25, -0.2) is 0 Å². The third-order valence-corrected chi connectivity index (χ3v) is 12.3. The summed E-state index contributed by atoms with van der Waals surface area (Å²) in [6.45, 7) is 4.69. The predicted molar refractivity (Wildman–Crippen MR) is 228 cm³/mol. The zero-order chi connectivity index (χ0) is 35.5. The van der Waals surface area contributed by atoms with Gasteiger partial charge in [0.2, 0.25) is 0 Å². The standard InChI is InChI=1S/C51H37NS/c1-51(2)47-24-10-8-20-42(47)46-33-39(30-31-48(46)51)52(38-17-12-16-36(32-38)34-14-4-3-5-15-34)37-28-26-35(27-29-37)40-18-6-7-19-41(40)44-22-13-23-45-43-21-9-11-25-49(43)53-50(44)45/h3-33H,1-2H3. The molecule has 1 aliphatic carbocycles. The number of benzene rings is 8. The molecule has 0 unspecified atom stereocenters. The average Bonchev–Trinajstić information content (AvgIpc) is 3.71. The summed E-state index contributed by atoms with van der Waals surface area (Å²) >= 11 is 1.89. The van der Waals surface area contributed by atoms with Crippen LogP contribution >= 0.6 is 11.3 Å². The van der Waals surface area contributed by atoms with Crippen molar-refractivity contribution in [2.75, 3.05) is 4.90 Å². The van der Waals surface area contributed by atoms with Gasteiger partial charge in [-0.1, -0.05) is 159 Å². The molecular weight excluding hydrogens is 659 g/mol. The molecule has 0 radical (unpaired) electrons. The van der Waals surface area contributed by atoms with E-state index in [-0.39, 0.29) is 5.41 Å². The molecule has 10 rings (SSSR count). The predicted octanol–water partition coefficient (Wildman–Crippen LogP) is 14.8. The van der Waals surface area contributed by atoms with Gasteiger partial charge in [0.1, 0.15) is 0 Å². The van der Waals surface area contributed by atoms with Crippen LogP contribution in [0.5, 0.6) is 0 Å². The van der Waals surface area contributed by atoms with Crippen LogP contribution < -0.4 is 4.90 Å². The number of rotatable bonds is 6. The van der Waals surface area contributed by atoms with Gasteiger partial charge in [0.05, 0.1) is 0 Å². The molecule has 0 N–H and O–H groups in total. The summed E-state index contributed by atoms with van der Waals surface area (Å²) in [6.07, 6.45) is 0. The maximum absolute atomic E-state index is 2.41. The van der Waals surface area contributed by atoms with Crippen molar-refractivity contribution >= 4 is 48.6 Å². The summed E-state index contributed by atoms with van der Waals surface area (Å²) in [4.78, 5) is 2.41. The lowest BCUT2D eigenvalue weighted by Gasteiger charge is -2.28. The summed E-state index contributed by atoms with van der Waals surface area (Å²) in [5.41, 5.74) is 16.1. The number of hydrogen-bond acceptors (Lipinski definition) is 2. The lowest BCUT2D eigenvalue weighted by molar-refractivity contribution is 0.660. The third-order valence-electron chi connectivity index (χ3n) is 11.1. The Kier molecular flexibility index (Phi) is 7.42. The van der Waals surface area contributed by atoms with Crippen molar-refractivity contribution in [2.24, 2.45) is 0 Å². The molecule has 0 fully saturated rings. The van der Waals surface area contributed by atoms with E-state index in [0.717, 1.165) is 17.1 Å². The first-order valence-corrected chi connectivity index (χ1v) is 19.2. The van der Waals surface area contributed by atoms with E-state index < -0.39 is 0 Å². The number of anilines is 3. The SMILES string of the molecule is CC1(C)c2ccccc2-c2cc(N(c3ccc(-c4ccccc4-c4cccc5c4sc4ccccc45)cc3)c3cccc(-c4ccccc4)c3)ccc21. The first-order valence-electron chi connectivity index (χ1n) is 18.3. The molecule has 53 heavy (non-hydrogen) atoms. The highest BCUT2D eigenvalue weighted by Gasteiger charge is 2.35. The van der Waals surface area contributed by atoms with E-state index in [9.17, 15) is 0 Å². The van der Waals surface area contributed by atoms with E-state index in [4.69, 9.17) is 0 Å². The fourth-order valence-electron chi connectivity index (χ4n) is 8.47. The summed E-state index contributed by atoms with van der Waals surface area (Å²) in [5.74, 6) is 0. The van der Waals surface area contributed by atoms with Crippen LogP contribution in [0.3, 0.4) is 0 Å². The summed E-state index contributed by atoms with van der Waals surface area (Å²) in [7, 11) is 0. The molecule has 1 aromatic heterocycles. The van der Waals surface area contributed by atoms with Crippen molar-refractivity contribution in [3.05, 3.63) is 199 Å². The van der Waals surface area contributed by atoms with Gasteiger partial charge in [-0.3, -0.25) is 0 Å². The molecule has 252 valence electrons. The normalized spacial score (nSPS) is 12.9. The molecule has 0 atom stereocenters. The third kappa shape index (κ3) is 5.21. The second-order valence-electron chi connectivity index (χ2n) is 14.5. The molecule has 9 aromatic rings. The molecular formula is C51H37NS. The van der Waals surface area contributed by atoms with E-state index in [0.29, 0.717) is 0 Å². The Labute approximate surface area is 315 Å². The van der Waals surface area contributed by atoms with Crippen molar-refractivity contribution < 1.29 is 0 Å². The lowest BCUT2D eigenvalue weighted by atomic mass is 9.82. The van der Waals surface area contributed by atoms with Gasteiger partial charge in [0, 0.05) is 48.2 Å². The molecule has 0 amide bonds. The van der Waals surface area contributed by atoms with Crippen molar-refractivity contribution in [1.29, 1.82) is 0 Å². The molecule has 0 saturated carbocycles. The smallest absolute Gasteiger partial charge is 0.0468 e. The molecule has 2 heteroatoms. The minimum Gasteiger partial charge on any atom is -0.310 e. The van der Waals surface area contributed by atoms with Crippen molar-refractivity contribution in [2.45, 2.75) is 19.3 Å². The molecule has 1 aliphatic rings. The molecule has 1 nitrogen and oxygen atoms in total. The second kappa shape index (κ2) is 12.5. The van der Waals surface area contributed by atoms with E-state index in [1.165, 1.54) is 75.8 Å². The van der Waals surface area contributed by atoms with E-state index in [1.54, 1.807) is 0 Å². The van der Waals surface area contributed by atoms with Crippen LogP contribution in [0, 0.1) is 0 Å². The highest BCUT2D eigenvalue weighted by molar-refractivity contribution is 7.26. The molecule has 1 heterocycles. The van der Waals surface area contributed by atoms with Crippen LogP contribution in [-0.2, 0) is 5.41 Å². The van der Waals surface area contributed by atoms with Crippen LogP contribution in [0.4, 0.5) is 17.1 Å². The van der Waals surface area contributed by atoms with E-state index in [2.05, 4.69) is 207 Å². The number of hydrogen-bond donors (Lipinski definition) is 0. The highest BCUT2D eigenvalue weighted by Crippen LogP contribution is 2.51. The van der Waals surface area contributed by atoms with E-state index >= 15 is 0 Å². The van der Waals surface area contributed by atoms with Gasteiger partial charge in [-0.15, -0.1) is 11.3 Å². The monoisotopic (exact) mass is 695 g/mol. The van der Waals surface area contributed by atoms with Gasteiger partial charge in [-0.05, 0) is 92.5 Å². The zero-order valence-electron chi connectivity index (χ0n) is 29.8. The number of thiophene rings is 1. The lowest BCUT2D eigenvalue weighted by Crippen LogP contribution is -2.15. The molecule has 0 spiro atoms. The average molecular weight is 696 g/mol. The van der Waals surface area contributed by atoms with Gasteiger partial charge in [-0.2, -0.15) is 0 Å². The maximum atomic E-state index is 2.41. The number of nitrogens with zero attached hydrogens (tertiary/aromatic N) is 1. The van der Waals surface area contributed by atoms with Crippen LogP contribution in [0.15, 0.2) is 188 Å². The molecule has 8 aromatic carbocycles. The fraction of sp³-hybridized carbons (Fsp3) is 0.0588. The van der Waals surface area contributed by atoms with Crippen molar-refractivity contribution in [3.63, 3.8) is 0 Å². The Morgan fingerprint density at radius 3 is 1.83 bits per heavy atom. The van der Waals surface area contributed by atoms with E-state index in [1.807, 2.05) is 11.3 Å². The van der Waals surface area contributed by atoms with Gasteiger partial charge in [0.15, 0.2) is 0 Å². The number of fused-ring (bicyclic) bond motifs is 6. The minimum atomic E-state index is -0.0439. The molecule has 0 saturated heterocycles. The zero-order valence-corrected chi connectivity index (χ0v) is 30.6. The Morgan fingerprint density at radius 1 is 0.377 bits per heavy atom. The van der Waals surface area contributed by atoms with Crippen LogP contribution in [0.25, 0.3) is 64.7 Å². The topological polar surface area (TPSA) is 3.24 Å². The minimum absolute atomic E-state index is 0.0439. The van der Waals surface area contributed by atoms with Gasteiger partial charge >= 0.3 is 0 Å². The van der Waals surface area contributed by atoms with Crippen LogP contribution in [-0.4, -0.2) is 0 Å².